The van der Waals surface area contributed by atoms with Crippen LogP contribution in [0.15, 0.2) is 115 Å². The number of carbonyl (C=O) groups excluding carboxylic acids is 1. The molecule has 0 spiro atoms. The van der Waals surface area contributed by atoms with Crippen LogP contribution >= 0.6 is 153 Å². The fraction of sp³-hybridized carbons (Fsp3) is 0.345. The maximum Gasteiger partial charge on any atom is 0.424 e. The van der Waals surface area contributed by atoms with Crippen LogP contribution in [0.3, 0.4) is 0 Å². The molecule has 4 nitrogen and oxygen atoms in total. The van der Waals surface area contributed by atoms with E-state index in [0.717, 1.165) is 21.3 Å². The molecule has 9 rings (SSSR count). The second kappa shape index (κ2) is 26.1. The molecule has 8 heterocycles. The van der Waals surface area contributed by atoms with Gasteiger partial charge in [-0.05, 0) is 109 Å². The number of hydrogen-bond donors (Lipinski definition) is 6. The molecular weight excluding hydrogens is 1140 g/mol. The number of thiol groups is 3. The van der Waals surface area contributed by atoms with E-state index in [1.54, 1.807) is 17.8 Å². The molecule has 0 fully saturated rings. The van der Waals surface area contributed by atoms with Crippen LogP contribution in [0.25, 0.3) is 59.2 Å². The minimum Gasteiger partial charge on any atom is -0.374 e. The maximum absolute atomic E-state index is 12.2. The van der Waals surface area contributed by atoms with E-state index >= 15 is 0 Å². The third-order valence-corrected chi connectivity index (χ3v) is 26.3. The number of allylic oxidation sites excluding steroid dienone is 3. The van der Waals surface area contributed by atoms with Crippen molar-refractivity contribution in [2.75, 3.05) is 11.5 Å². The van der Waals surface area contributed by atoms with Crippen molar-refractivity contribution in [2.24, 2.45) is 11.8 Å². The molecule has 0 bridgehead atoms. The number of thiophene rings is 6. The van der Waals surface area contributed by atoms with Gasteiger partial charge in [0, 0.05) is 103 Å². The summed E-state index contributed by atoms with van der Waals surface area (Å²) < 4.78 is 2.92. The standard InChI is InChI=1S/C55H59N3OS13/c1-6-10-12-32(8-3)28-63-49-36-24-47(43-16-14-39(67-43)41-18-20-45(69-41)54-56-26-34(65-54)22-31(5)61)71-51(36)50(64-29-33(9-4)13-11-7-2)37-25-48(72-52(37)49)44-17-15-40(68-44)42-19-21-46(70-42)55-57-27-35(66-55)23-38(62)53(59)58-30-60/h14-27,30,32-33,54-57,61-62H,6-13,28-29H2,1-5H3,(H,58,59,60)/p+1/b31-22-,38-23-. The molecule has 0 saturated heterocycles. The van der Waals surface area contributed by atoms with Crippen LogP contribution in [0.1, 0.15) is 106 Å². The third kappa shape index (κ3) is 13.2. The summed E-state index contributed by atoms with van der Waals surface area (Å²) in [6.45, 7) is 11.4. The Hall–Kier alpha value is -1.71. The Kier molecular flexibility index (Phi) is 20.0. The molecule has 0 aliphatic carbocycles. The van der Waals surface area contributed by atoms with Crippen LogP contribution in [0, 0.1) is 11.8 Å². The van der Waals surface area contributed by atoms with E-state index < -0.39 is 0 Å². The lowest BCUT2D eigenvalue weighted by atomic mass is 10.0. The zero-order valence-corrected chi connectivity index (χ0v) is 51.7. The Labute approximate surface area is 483 Å². The highest BCUT2D eigenvalue weighted by Crippen LogP contribution is 2.55. The van der Waals surface area contributed by atoms with Gasteiger partial charge in [0.25, 0.3) is 0 Å². The van der Waals surface area contributed by atoms with Gasteiger partial charge in [0.1, 0.15) is 15.7 Å². The number of thioether (sulfide) groups is 4. The Morgan fingerprint density at radius 3 is 1.49 bits per heavy atom. The highest BCUT2D eigenvalue weighted by Gasteiger charge is 2.26. The average Bonchev–Trinajstić information content (AvgIpc) is 4.22. The number of rotatable bonds is 23. The smallest absolute Gasteiger partial charge is 0.374 e. The summed E-state index contributed by atoms with van der Waals surface area (Å²) in [5.41, 5.74) is 1.32. The Balaban J connectivity index is 1.05. The minimum absolute atomic E-state index is 0.0783. The van der Waals surface area contributed by atoms with Gasteiger partial charge in [-0.1, -0.05) is 102 Å². The number of fused-ring (bicyclic) bond motifs is 2. The van der Waals surface area contributed by atoms with Crippen molar-refractivity contribution >= 4 is 185 Å². The van der Waals surface area contributed by atoms with E-state index in [1.807, 2.05) is 92.9 Å². The molecule has 7 aromatic rings. The highest BCUT2D eigenvalue weighted by molar-refractivity contribution is 8.04. The fourth-order valence-electron chi connectivity index (χ4n) is 8.58. The summed E-state index contributed by atoms with van der Waals surface area (Å²) in [6, 6.07) is 23.6. The molecule has 1 amide bonds. The van der Waals surface area contributed by atoms with E-state index in [0.29, 0.717) is 16.7 Å². The van der Waals surface area contributed by atoms with Crippen LogP contribution in [0.4, 0.5) is 0 Å². The van der Waals surface area contributed by atoms with E-state index in [4.69, 9.17) is 0 Å². The van der Waals surface area contributed by atoms with Crippen LogP contribution in [0.5, 0.6) is 0 Å². The topological polar surface area (TPSA) is 55.1 Å². The predicted molar refractivity (Wildman–Crippen MR) is 342 cm³/mol. The summed E-state index contributed by atoms with van der Waals surface area (Å²) in [6.07, 6.45) is 18.1. The normalized spacial score (nSPS) is 17.3. The number of benzene rings is 1. The van der Waals surface area contributed by atoms with Crippen molar-refractivity contribution in [2.45, 2.75) is 107 Å². The summed E-state index contributed by atoms with van der Waals surface area (Å²) in [7, 11) is 0. The molecular formula is C55H60N3OS13+. The summed E-state index contributed by atoms with van der Waals surface area (Å²) in [4.78, 5) is 34.5. The largest absolute Gasteiger partial charge is 0.424 e. The van der Waals surface area contributed by atoms with Crippen molar-refractivity contribution in [3.63, 3.8) is 0 Å². The zero-order chi connectivity index (χ0) is 50.3. The molecule has 0 radical (unpaired) electrons. The minimum atomic E-state index is -0.280. The predicted octanol–water partition coefficient (Wildman–Crippen LogP) is 19.2. The molecule has 4 atom stereocenters. The van der Waals surface area contributed by atoms with Crippen molar-refractivity contribution in [1.82, 2.24) is 10.6 Å². The molecule has 4 unspecified atom stereocenters. The van der Waals surface area contributed by atoms with Crippen LogP contribution in [-0.2, 0) is 4.79 Å². The van der Waals surface area contributed by atoms with Crippen LogP contribution in [-0.4, -0.2) is 23.0 Å². The molecule has 3 N–H and O–H groups in total. The second-order valence-corrected chi connectivity index (χ2v) is 30.3. The molecule has 2 aliphatic rings. The van der Waals surface area contributed by atoms with Crippen molar-refractivity contribution in [3.05, 3.63) is 115 Å². The van der Waals surface area contributed by atoms with Gasteiger partial charge in [-0.25, -0.2) is 4.79 Å². The van der Waals surface area contributed by atoms with Crippen molar-refractivity contribution in [1.29, 1.82) is 0 Å². The van der Waals surface area contributed by atoms with Crippen LogP contribution in [0.2, 0.25) is 0 Å². The monoisotopic (exact) mass is 1190 g/mol. The number of hydrogen-bond acceptors (Lipinski definition) is 15. The second-order valence-electron chi connectivity index (χ2n) is 17.9. The SMILES string of the molecule is CCCCC(CC)CSc1c2cc(-c3ccc(-c4ccc(C5NC=C(/C=C(\S)C(=O)[NH+]=CS)S5)s4)s3)sc2c(SCC(CC)CCCC)c2cc(-c3ccc(-c4ccc(C5NC=C(/C=C(/C)S)S5)s4)s3)sc12. The van der Waals surface area contributed by atoms with Gasteiger partial charge in [-0.2, -0.15) is 4.99 Å². The fourth-order valence-corrected chi connectivity index (χ4v) is 21.7. The molecule has 378 valence electrons. The number of carbonyl (C=O) groups is 1. The lowest BCUT2D eigenvalue weighted by molar-refractivity contribution is -0.363. The molecule has 2 aliphatic heterocycles. The first-order valence-electron chi connectivity index (χ1n) is 24.6. The molecule has 1 aromatic carbocycles. The lowest BCUT2D eigenvalue weighted by Gasteiger charge is -2.17. The average molecular weight is 1200 g/mol. The number of nitrogens with one attached hydrogen (secondary N) is 3. The Morgan fingerprint density at radius 2 is 1.06 bits per heavy atom. The lowest BCUT2D eigenvalue weighted by Crippen LogP contribution is -2.73. The number of amides is 1. The first kappa shape index (κ1) is 55.1. The summed E-state index contributed by atoms with van der Waals surface area (Å²) in [5, 5.41) is 10.3. The highest BCUT2D eigenvalue weighted by atomic mass is 32.2. The summed E-state index contributed by atoms with van der Waals surface area (Å²) >= 11 is 32.3. The third-order valence-electron chi connectivity index (χ3n) is 12.7. The van der Waals surface area contributed by atoms with E-state index in [-0.39, 0.29) is 16.7 Å². The van der Waals surface area contributed by atoms with Gasteiger partial charge in [-0.3, -0.25) is 0 Å². The van der Waals surface area contributed by atoms with Gasteiger partial charge in [0.05, 0.1) is 9.40 Å². The van der Waals surface area contributed by atoms with Gasteiger partial charge < -0.3 is 10.6 Å². The van der Waals surface area contributed by atoms with E-state index in [2.05, 4.69) is 178 Å². The van der Waals surface area contributed by atoms with Crippen molar-refractivity contribution < 1.29 is 9.79 Å². The molecule has 0 saturated carbocycles. The van der Waals surface area contributed by atoms with Crippen LogP contribution < -0.4 is 15.6 Å². The Morgan fingerprint density at radius 1 is 0.625 bits per heavy atom. The summed E-state index contributed by atoms with van der Waals surface area (Å²) in [5.74, 6) is 3.41. The van der Waals surface area contributed by atoms with Gasteiger partial charge in [0.15, 0.2) is 0 Å². The van der Waals surface area contributed by atoms with Crippen molar-refractivity contribution in [3.8, 4) is 39.0 Å². The molecule has 17 heteroatoms. The molecule has 72 heavy (non-hydrogen) atoms. The Bertz CT molecular complexity index is 3090. The number of unbranched alkanes of at least 4 members (excludes halogenated alkanes) is 2. The van der Waals surface area contributed by atoms with E-state index in [9.17, 15) is 4.79 Å². The molecule has 6 aromatic heterocycles. The first-order chi connectivity index (χ1) is 35.0. The van der Waals surface area contributed by atoms with Gasteiger partial charge in [0.2, 0.25) is 5.55 Å². The van der Waals surface area contributed by atoms with E-state index in [1.165, 1.54) is 141 Å². The quantitative estimate of drug-likeness (QED) is 0.0126. The first-order valence-corrected chi connectivity index (χ1v) is 34.6. The maximum atomic E-state index is 12.2. The van der Waals surface area contributed by atoms with Gasteiger partial charge >= 0.3 is 5.91 Å². The zero-order valence-electron chi connectivity index (χ0n) is 40.9. The van der Waals surface area contributed by atoms with Gasteiger partial charge in [-0.15, -0.1) is 117 Å².